The summed E-state index contributed by atoms with van der Waals surface area (Å²) in [4.78, 5) is 44.1. The molecule has 2 heterocycles. The molecule has 4 rings (SSSR count). The molecule has 0 bridgehead atoms. The number of hydrogen-bond acceptors (Lipinski definition) is 8. The average Bonchev–Trinajstić information content (AvgIpc) is 3.34. The highest BCUT2D eigenvalue weighted by molar-refractivity contribution is 6.99. The lowest BCUT2D eigenvalue weighted by Crippen LogP contribution is -2.66. The fraction of sp³-hybridized carbons (Fsp3) is 0.438. The zero-order valence-corrected chi connectivity index (χ0v) is 27.3. The van der Waals surface area contributed by atoms with E-state index < -0.39 is 44.3 Å². The van der Waals surface area contributed by atoms with Crippen molar-refractivity contribution in [2.45, 2.75) is 70.9 Å². The molecule has 4 atom stereocenters. The van der Waals surface area contributed by atoms with E-state index >= 15 is 0 Å². The van der Waals surface area contributed by atoms with E-state index in [2.05, 4.69) is 65.4 Å². The van der Waals surface area contributed by atoms with Crippen molar-refractivity contribution >= 4 is 36.4 Å². The van der Waals surface area contributed by atoms with Gasteiger partial charge < -0.3 is 19.2 Å². The minimum Gasteiger partial charge on any atom is -0.457 e. The van der Waals surface area contributed by atoms with Gasteiger partial charge in [0.25, 0.3) is 8.32 Å². The third-order valence-corrected chi connectivity index (χ3v) is 13.0. The van der Waals surface area contributed by atoms with Gasteiger partial charge in [-0.2, -0.15) is 4.98 Å². The number of anilines is 1. The third kappa shape index (κ3) is 7.51. The zero-order valence-electron chi connectivity index (χ0n) is 26.3. The second-order valence-electron chi connectivity index (χ2n) is 11.9. The number of amides is 1. The summed E-state index contributed by atoms with van der Waals surface area (Å²) in [5.41, 5.74) is 8.40. The zero-order chi connectivity index (χ0) is 32.6. The van der Waals surface area contributed by atoms with Crippen molar-refractivity contribution in [3.63, 3.8) is 0 Å². The van der Waals surface area contributed by atoms with Crippen molar-refractivity contribution in [1.82, 2.24) is 9.55 Å². The lowest BCUT2D eigenvalue weighted by atomic mass is 9.94. The van der Waals surface area contributed by atoms with Gasteiger partial charge in [-0.25, -0.2) is 4.79 Å². The van der Waals surface area contributed by atoms with Gasteiger partial charge in [-0.1, -0.05) is 93.5 Å². The van der Waals surface area contributed by atoms with Crippen molar-refractivity contribution in [1.29, 1.82) is 0 Å². The van der Waals surface area contributed by atoms with Crippen LogP contribution in [-0.4, -0.2) is 55.1 Å². The van der Waals surface area contributed by atoms with Gasteiger partial charge >= 0.3 is 11.7 Å². The van der Waals surface area contributed by atoms with Gasteiger partial charge in [0.2, 0.25) is 5.91 Å². The fourth-order valence-corrected chi connectivity index (χ4v) is 10.6. The van der Waals surface area contributed by atoms with Crippen LogP contribution >= 0.6 is 0 Å². The maximum absolute atomic E-state index is 13.1. The highest BCUT2D eigenvalue weighted by Crippen LogP contribution is 2.40. The van der Waals surface area contributed by atoms with Gasteiger partial charge in [-0.05, 0) is 33.4 Å². The van der Waals surface area contributed by atoms with E-state index in [0.717, 1.165) is 10.4 Å². The molecule has 1 aliphatic heterocycles. The van der Waals surface area contributed by atoms with Crippen LogP contribution in [0.3, 0.4) is 0 Å². The Balaban J connectivity index is 1.69. The number of carbonyl (C=O) groups is 2. The first-order valence-electron chi connectivity index (χ1n) is 15.0. The van der Waals surface area contributed by atoms with E-state index in [4.69, 9.17) is 19.4 Å². The molecule has 0 radical (unpaired) electrons. The smallest absolute Gasteiger partial charge is 0.351 e. The predicted molar refractivity (Wildman–Crippen MR) is 173 cm³/mol. The van der Waals surface area contributed by atoms with E-state index in [1.54, 1.807) is 6.92 Å². The van der Waals surface area contributed by atoms with Crippen molar-refractivity contribution in [3.05, 3.63) is 93.9 Å². The molecule has 45 heavy (non-hydrogen) atoms. The van der Waals surface area contributed by atoms with Crippen LogP contribution in [0.25, 0.3) is 10.4 Å². The second kappa shape index (κ2) is 14.7. The first-order chi connectivity index (χ1) is 21.5. The molecule has 0 unspecified atom stereocenters. The van der Waals surface area contributed by atoms with E-state index in [-0.39, 0.29) is 36.3 Å². The highest BCUT2D eigenvalue weighted by atomic mass is 28.4. The van der Waals surface area contributed by atoms with Gasteiger partial charge in [-0.15, -0.1) is 0 Å². The van der Waals surface area contributed by atoms with Crippen LogP contribution in [0.4, 0.5) is 5.82 Å². The molecule has 1 aliphatic rings. The number of benzene rings is 2. The quantitative estimate of drug-likeness (QED) is 0.102. The molecule has 0 saturated carbocycles. The topological polar surface area (TPSA) is 158 Å². The number of carbonyl (C=O) groups excluding carboxylic acids is 2. The van der Waals surface area contributed by atoms with E-state index in [0.29, 0.717) is 6.42 Å². The molecule has 1 amide bonds. The molecule has 13 heteroatoms. The van der Waals surface area contributed by atoms with Crippen LogP contribution in [0.2, 0.25) is 5.04 Å². The lowest BCUT2D eigenvalue weighted by Gasteiger charge is -2.43. The number of hydrogen-bond donors (Lipinski definition) is 1. The van der Waals surface area contributed by atoms with Gasteiger partial charge in [0.1, 0.15) is 5.82 Å². The predicted octanol–water partition coefficient (Wildman–Crippen LogP) is 4.31. The van der Waals surface area contributed by atoms with E-state index in [1.165, 1.54) is 23.8 Å². The van der Waals surface area contributed by atoms with Crippen LogP contribution in [0.15, 0.2) is 82.8 Å². The number of ether oxygens (including phenoxy) is 2. The molecule has 1 aromatic heterocycles. The van der Waals surface area contributed by atoms with Crippen LogP contribution in [0.1, 0.15) is 53.7 Å². The largest absolute Gasteiger partial charge is 0.457 e. The minimum atomic E-state index is -2.87. The molecule has 0 aliphatic carbocycles. The molecule has 0 spiro atoms. The first-order valence-corrected chi connectivity index (χ1v) is 16.9. The molecule has 2 aromatic carbocycles. The van der Waals surface area contributed by atoms with Crippen LogP contribution in [0, 0.1) is 5.92 Å². The maximum Gasteiger partial charge on any atom is 0.351 e. The summed E-state index contributed by atoms with van der Waals surface area (Å²) in [7, 11) is -2.87. The number of nitrogens with zero attached hydrogens (tertiary/aromatic N) is 5. The second-order valence-corrected chi connectivity index (χ2v) is 16.2. The molecule has 1 N–H and O–H groups in total. The summed E-state index contributed by atoms with van der Waals surface area (Å²) >= 11 is 0. The Kier molecular flexibility index (Phi) is 10.9. The number of rotatable bonds is 12. The molecule has 12 nitrogen and oxygen atoms in total. The average molecular weight is 633 g/mol. The van der Waals surface area contributed by atoms with Crippen molar-refractivity contribution in [2.24, 2.45) is 11.0 Å². The van der Waals surface area contributed by atoms with Crippen LogP contribution in [0.5, 0.6) is 0 Å². The minimum absolute atomic E-state index is 0.0402. The number of azide groups is 1. The van der Waals surface area contributed by atoms with E-state index in [1.807, 2.05) is 36.4 Å². The van der Waals surface area contributed by atoms with Gasteiger partial charge in [0, 0.05) is 37.0 Å². The summed E-state index contributed by atoms with van der Waals surface area (Å²) in [6.45, 7) is 9.78. The SMILES string of the molecule is CCC(=O)Nc1ccn([C@@H]2O[C@H](CN=[N+]=[N-])[C@@H](CCO[Si](c3ccccc3)(c3ccccc3)C(C)(C)C)[C@H]2OC(C)=O)c(=O)n1. The fourth-order valence-electron chi connectivity index (χ4n) is 6.00. The Morgan fingerprint density at radius 3 is 2.22 bits per heavy atom. The standard InChI is InChI=1S/C32H40N6O6Si/c1-6-28(40)35-27-17-19-38(31(41)36-27)30-29(43-22(2)39)25(26(44-30)21-34-37-33)18-20-42-45(32(3,4)5,23-13-9-7-10-14-23)24-15-11-8-12-16-24/h7-17,19,25-26,29-30H,6,18,20-21H2,1-5H3,(H,35,36,40,41)/t25-,26-,29-,30-/m1/s1. The normalized spacial score (nSPS) is 19.8. The highest BCUT2D eigenvalue weighted by Gasteiger charge is 2.51. The summed E-state index contributed by atoms with van der Waals surface area (Å²) in [5.74, 6) is -1.21. The number of nitrogens with one attached hydrogen (secondary N) is 1. The van der Waals surface area contributed by atoms with Crippen molar-refractivity contribution in [2.75, 3.05) is 18.5 Å². The number of aromatic nitrogens is 2. The van der Waals surface area contributed by atoms with Gasteiger partial charge in [0.05, 0.1) is 12.6 Å². The number of esters is 1. The van der Waals surface area contributed by atoms with Crippen LogP contribution < -0.4 is 21.4 Å². The summed E-state index contributed by atoms with van der Waals surface area (Å²) < 4.78 is 20.4. The Bertz CT molecular complexity index is 1530. The third-order valence-electron chi connectivity index (χ3n) is 8.00. The molecule has 3 aromatic rings. The molecular weight excluding hydrogens is 592 g/mol. The van der Waals surface area contributed by atoms with Gasteiger partial charge in [0.15, 0.2) is 12.3 Å². The Morgan fingerprint density at radius 1 is 1.09 bits per heavy atom. The summed E-state index contributed by atoms with van der Waals surface area (Å²) in [6, 6.07) is 21.9. The van der Waals surface area contributed by atoms with Gasteiger partial charge in [-0.3, -0.25) is 14.2 Å². The Hall–Kier alpha value is -4.29. The Morgan fingerprint density at radius 2 is 1.71 bits per heavy atom. The molecule has 1 fully saturated rings. The molecule has 1 saturated heterocycles. The first kappa shape index (κ1) is 33.6. The van der Waals surface area contributed by atoms with E-state index in [9.17, 15) is 14.4 Å². The van der Waals surface area contributed by atoms with Crippen molar-refractivity contribution < 1.29 is 23.5 Å². The van der Waals surface area contributed by atoms with Crippen molar-refractivity contribution in [3.8, 4) is 0 Å². The maximum atomic E-state index is 13.1. The van der Waals surface area contributed by atoms with Crippen LogP contribution in [-0.2, 0) is 23.5 Å². The monoisotopic (exact) mass is 632 g/mol. The summed E-state index contributed by atoms with van der Waals surface area (Å²) in [5, 5.41) is 8.31. The molecule has 238 valence electrons. The Labute approximate surface area is 263 Å². The summed E-state index contributed by atoms with van der Waals surface area (Å²) in [6.07, 6.45) is -0.569. The molecular formula is C32H40N6O6Si. The lowest BCUT2D eigenvalue weighted by molar-refractivity contribution is -0.154.